The van der Waals surface area contributed by atoms with Crippen molar-refractivity contribution in [1.82, 2.24) is 15.5 Å². The van der Waals surface area contributed by atoms with E-state index in [2.05, 4.69) is 22.5 Å². The zero-order chi connectivity index (χ0) is 32.3. The zero-order valence-corrected chi connectivity index (χ0v) is 26.4. The fourth-order valence-electron chi connectivity index (χ4n) is 5.35. The van der Waals surface area contributed by atoms with Crippen molar-refractivity contribution in [2.45, 2.75) is 64.6 Å². The molecule has 0 saturated carbocycles. The molecule has 0 radical (unpaired) electrons. The van der Waals surface area contributed by atoms with E-state index in [0.717, 1.165) is 27.8 Å². The molecular formula is C35H45N3O7. The van der Waals surface area contributed by atoms with Gasteiger partial charge in [0.05, 0.1) is 31.5 Å². The molecule has 1 aliphatic heterocycles. The van der Waals surface area contributed by atoms with Crippen molar-refractivity contribution in [3.05, 3.63) is 107 Å². The number of aliphatic hydroxyl groups excluding tert-OH is 2. The van der Waals surface area contributed by atoms with Crippen LogP contribution < -0.4 is 10.6 Å². The summed E-state index contributed by atoms with van der Waals surface area (Å²) in [6, 6.07) is 24.4. The zero-order valence-electron chi connectivity index (χ0n) is 26.4. The first-order chi connectivity index (χ1) is 21.7. The van der Waals surface area contributed by atoms with Crippen molar-refractivity contribution in [2.24, 2.45) is 5.92 Å². The molecule has 1 aliphatic rings. The van der Waals surface area contributed by atoms with Crippen molar-refractivity contribution < 1.29 is 34.0 Å². The molecule has 4 N–H and O–H groups in total. The van der Waals surface area contributed by atoms with Crippen LogP contribution in [0, 0.1) is 5.92 Å². The van der Waals surface area contributed by atoms with Crippen LogP contribution >= 0.6 is 0 Å². The van der Waals surface area contributed by atoms with E-state index in [-0.39, 0.29) is 50.5 Å². The maximum atomic E-state index is 12.1. The minimum Gasteiger partial charge on any atom is -0.465 e. The molecule has 10 heteroatoms. The van der Waals surface area contributed by atoms with E-state index in [0.29, 0.717) is 6.54 Å². The number of nitrogens with zero attached hydrogens (tertiary/aromatic N) is 1. The molecule has 3 aromatic carbocycles. The number of carbonyl (C=O) groups excluding carboxylic acids is 2. The summed E-state index contributed by atoms with van der Waals surface area (Å²) in [7, 11) is 1.99. The van der Waals surface area contributed by atoms with Gasteiger partial charge in [0.15, 0.2) is 6.29 Å². The summed E-state index contributed by atoms with van der Waals surface area (Å²) in [5.74, 6) is -0.505. The van der Waals surface area contributed by atoms with Gasteiger partial charge in [0, 0.05) is 30.6 Å². The molecule has 1 fully saturated rings. The number of carbonyl (C=O) groups is 2. The van der Waals surface area contributed by atoms with Gasteiger partial charge in [-0.1, -0.05) is 85.8 Å². The van der Waals surface area contributed by atoms with Gasteiger partial charge in [0.2, 0.25) is 0 Å². The summed E-state index contributed by atoms with van der Waals surface area (Å²) >= 11 is 0. The monoisotopic (exact) mass is 619 g/mol. The van der Waals surface area contributed by atoms with E-state index in [1.54, 1.807) is 6.92 Å². The Hall–Kier alpha value is -3.80. The van der Waals surface area contributed by atoms with Crippen LogP contribution in [0.4, 0.5) is 4.79 Å². The normalized spacial score (nSPS) is 21.1. The Labute approximate surface area is 265 Å². The minimum atomic E-state index is -0.655. The van der Waals surface area contributed by atoms with Crippen molar-refractivity contribution >= 4 is 12.0 Å². The number of ether oxygens (including phenoxy) is 3. The topological polar surface area (TPSA) is 130 Å². The van der Waals surface area contributed by atoms with E-state index >= 15 is 0 Å². The minimum absolute atomic E-state index is 0.0126. The summed E-state index contributed by atoms with van der Waals surface area (Å²) < 4.78 is 18.0. The second-order valence-electron chi connectivity index (χ2n) is 11.4. The highest BCUT2D eigenvalue weighted by atomic mass is 16.7. The Morgan fingerprint density at radius 3 is 2.22 bits per heavy atom. The number of likely N-dealkylation sites (N-methyl/N-ethyl adjacent to an activating group) is 1. The van der Waals surface area contributed by atoms with Gasteiger partial charge in [-0.05, 0) is 43.1 Å². The Bertz CT molecular complexity index is 1350. The Morgan fingerprint density at radius 2 is 1.58 bits per heavy atom. The fraction of sp³-hybridized carbons (Fsp3) is 0.429. The third-order valence-corrected chi connectivity index (χ3v) is 8.29. The molecule has 4 rings (SSSR count). The quantitative estimate of drug-likeness (QED) is 0.208. The van der Waals surface area contributed by atoms with Crippen molar-refractivity contribution in [3.63, 3.8) is 0 Å². The number of aliphatic hydroxyl groups is 2. The first-order valence-corrected chi connectivity index (χ1v) is 15.4. The SMILES string of the molecule is CCOC(=O)CNC(=O)NCc1ccc([C@H]2O[C@@H](CN(C)[C@@H](C)[C@H](O)c3ccccc3)[C@@H](C)[C@@H](c3ccc(CO)cc3)O2)cc1. The number of nitrogens with one attached hydrogen (secondary N) is 2. The molecule has 45 heavy (non-hydrogen) atoms. The average molecular weight is 620 g/mol. The van der Waals surface area contributed by atoms with Gasteiger partial charge in [-0.15, -0.1) is 0 Å². The average Bonchev–Trinajstić information content (AvgIpc) is 3.07. The number of benzene rings is 3. The van der Waals surface area contributed by atoms with Crippen LogP contribution in [0.25, 0.3) is 0 Å². The lowest BCUT2D eigenvalue weighted by atomic mass is 9.89. The van der Waals surface area contributed by atoms with Gasteiger partial charge >= 0.3 is 12.0 Å². The van der Waals surface area contributed by atoms with Crippen LogP contribution in [-0.4, -0.2) is 66.0 Å². The van der Waals surface area contributed by atoms with Crippen molar-refractivity contribution in [3.8, 4) is 0 Å². The summed E-state index contributed by atoms with van der Waals surface area (Å²) in [4.78, 5) is 25.7. The lowest BCUT2D eigenvalue weighted by molar-refractivity contribution is -0.276. The molecule has 10 nitrogen and oxygen atoms in total. The fourth-order valence-corrected chi connectivity index (χ4v) is 5.35. The smallest absolute Gasteiger partial charge is 0.325 e. The Kier molecular flexibility index (Phi) is 12.5. The number of hydrogen-bond acceptors (Lipinski definition) is 8. The highest BCUT2D eigenvalue weighted by Gasteiger charge is 2.39. The van der Waals surface area contributed by atoms with Gasteiger partial charge in [-0.2, -0.15) is 0 Å². The summed E-state index contributed by atoms with van der Waals surface area (Å²) in [6.07, 6.45) is -1.79. The Balaban J connectivity index is 1.46. The molecular weight excluding hydrogens is 574 g/mol. The third kappa shape index (κ3) is 9.35. The molecule has 3 aromatic rings. The molecule has 0 bridgehead atoms. The van der Waals surface area contributed by atoms with Gasteiger partial charge in [0.1, 0.15) is 6.54 Å². The predicted octanol–water partition coefficient (Wildman–Crippen LogP) is 4.39. The molecule has 6 atom stereocenters. The predicted molar refractivity (Wildman–Crippen MR) is 170 cm³/mol. The van der Waals surface area contributed by atoms with Crippen molar-refractivity contribution in [2.75, 3.05) is 26.7 Å². The lowest BCUT2D eigenvalue weighted by Gasteiger charge is -2.43. The second kappa shape index (κ2) is 16.5. The molecule has 0 aromatic heterocycles. The standard InChI is InChI=1S/C35H45N3O7/c1-5-43-31(40)20-37-35(42)36-19-25-11-17-29(18-12-25)34-44-30(21-38(4)24(3)32(41)27-9-7-6-8-10-27)23(2)33(45-34)28-15-13-26(22-39)14-16-28/h6-18,23-24,30,32-34,39,41H,5,19-22H2,1-4H3,(H2,36,37,42)/t23-,24+,30+,32+,33+,34+/m1/s1. The molecule has 1 saturated heterocycles. The third-order valence-electron chi connectivity index (χ3n) is 8.29. The van der Waals surface area contributed by atoms with Crippen LogP contribution in [0.3, 0.4) is 0 Å². The molecule has 0 unspecified atom stereocenters. The maximum Gasteiger partial charge on any atom is 0.325 e. The maximum absolute atomic E-state index is 12.1. The number of hydrogen-bond donors (Lipinski definition) is 4. The highest BCUT2D eigenvalue weighted by Crippen LogP contribution is 2.42. The van der Waals surface area contributed by atoms with Crippen LogP contribution in [0.15, 0.2) is 78.9 Å². The van der Waals surface area contributed by atoms with Crippen LogP contribution in [0.5, 0.6) is 0 Å². The second-order valence-corrected chi connectivity index (χ2v) is 11.4. The van der Waals surface area contributed by atoms with Gasteiger partial charge in [0.25, 0.3) is 0 Å². The van der Waals surface area contributed by atoms with E-state index in [1.165, 1.54) is 0 Å². The van der Waals surface area contributed by atoms with Crippen LogP contribution in [0.2, 0.25) is 0 Å². The molecule has 0 spiro atoms. The van der Waals surface area contributed by atoms with E-state index in [4.69, 9.17) is 14.2 Å². The van der Waals surface area contributed by atoms with Crippen LogP contribution in [0.1, 0.15) is 67.1 Å². The summed E-state index contributed by atoms with van der Waals surface area (Å²) in [5, 5.41) is 25.8. The van der Waals surface area contributed by atoms with E-state index in [1.807, 2.05) is 92.8 Å². The summed E-state index contributed by atoms with van der Waals surface area (Å²) in [5.41, 5.74) is 4.38. The molecule has 0 aliphatic carbocycles. The number of esters is 1. The summed E-state index contributed by atoms with van der Waals surface area (Å²) in [6.45, 7) is 6.69. The number of amides is 2. The van der Waals surface area contributed by atoms with Gasteiger partial charge in [-0.25, -0.2) is 4.79 Å². The highest BCUT2D eigenvalue weighted by molar-refractivity contribution is 5.80. The lowest BCUT2D eigenvalue weighted by Crippen LogP contribution is -2.46. The van der Waals surface area contributed by atoms with Crippen molar-refractivity contribution in [1.29, 1.82) is 0 Å². The van der Waals surface area contributed by atoms with E-state index in [9.17, 15) is 19.8 Å². The molecule has 1 heterocycles. The van der Waals surface area contributed by atoms with E-state index < -0.39 is 24.4 Å². The number of urea groups is 1. The first-order valence-electron chi connectivity index (χ1n) is 15.4. The van der Waals surface area contributed by atoms with Gasteiger partial charge in [-0.3, -0.25) is 9.69 Å². The molecule has 242 valence electrons. The largest absolute Gasteiger partial charge is 0.465 e. The molecule has 2 amide bonds. The Morgan fingerprint density at radius 1 is 0.933 bits per heavy atom. The van der Waals surface area contributed by atoms with Gasteiger partial charge < -0.3 is 35.1 Å². The van der Waals surface area contributed by atoms with Crippen LogP contribution in [-0.2, 0) is 32.2 Å². The number of rotatable bonds is 13. The first kappa shape index (κ1) is 34.1.